The maximum Gasteiger partial charge on any atom is 0.00952 e. The predicted molar refractivity (Wildman–Crippen MR) is 72.7 cm³/mol. The Bertz CT molecular complexity index is 165. The van der Waals surface area contributed by atoms with Crippen molar-refractivity contribution in [3.8, 4) is 0 Å². The van der Waals surface area contributed by atoms with Gasteiger partial charge in [-0.05, 0) is 37.6 Å². The van der Waals surface area contributed by atoms with Crippen LogP contribution in [-0.4, -0.2) is 12.6 Å². The van der Waals surface area contributed by atoms with Crippen LogP contribution < -0.4 is 5.32 Å². The van der Waals surface area contributed by atoms with E-state index in [-0.39, 0.29) is 0 Å². The fourth-order valence-electron chi connectivity index (χ4n) is 3.05. The van der Waals surface area contributed by atoms with Crippen LogP contribution in [0.25, 0.3) is 0 Å². The molecule has 0 aromatic rings. The second-order valence-corrected chi connectivity index (χ2v) is 5.89. The molecule has 1 nitrogen and oxygen atoms in total. The number of hydrogen-bond donors (Lipinski definition) is 1. The normalized spacial score (nSPS) is 27.0. The Hall–Kier alpha value is -0.0400. The fraction of sp³-hybridized carbons (Fsp3) is 1.00. The number of hydrogen-bond acceptors (Lipinski definition) is 1. The van der Waals surface area contributed by atoms with Crippen molar-refractivity contribution in [1.82, 2.24) is 5.32 Å². The van der Waals surface area contributed by atoms with Crippen LogP contribution in [0.4, 0.5) is 0 Å². The molecule has 96 valence electrons. The van der Waals surface area contributed by atoms with Crippen molar-refractivity contribution in [1.29, 1.82) is 0 Å². The second kappa shape index (κ2) is 8.11. The van der Waals surface area contributed by atoms with Gasteiger partial charge in [0.15, 0.2) is 0 Å². The summed E-state index contributed by atoms with van der Waals surface area (Å²) in [6.45, 7) is 8.07. The van der Waals surface area contributed by atoms with Gasteiger partial charge in [0.2, 0.25) is 0 Å². The highest BCUT2D eigenvalue weighted by molar-refractivity contribution is 4.79. The first-order valence-corrected chi connectivity index (χ1v) is 7.47. The van der Waals surface area contributed by atoms with E-state index in [0.717, 1.165) is 24.4 Å². The third kappa shape index (κ3) is 5.34. The third-order valence-electron chi connectivity index (χ3n) is 3.98. The van der Waals surface area contributed by atoms with E-state index < -0.39 is 0 Å². The first-order valence-electron chi connectivity index (χ1n) is 7.47. The van der Waals surface area contributed by atoms with Crippen molar-refractivity contribution in [3.63, 3.8) is 0 Å². The zero-order chi connectivity index (χ0) is 11.8. The minimum Gasteiger partial charge on any atom is -0.314 e. The van der Waals surface area contributed by atoms with Gasteiger partial charge in [-0.1, -0.05) is 52.9 Å². The van der Waals surface area contributed by atoms with E-state index in [1.54, 1.807) is 0 Å². The number of nitrogens with one attached hydrogen (secondary N) is 1. The molecule has 0 heterocycles. The monoisotopic (exact) mass is 225 g/mol. The summed E-state index contributed by atoms with van der Waals surface area (Å²) in [5.74, 6) is 1.84. The SMILES string of the molecule is CCNC1CCCCCC1CCCC(C)C. The lowest BCUT2D eigenvalue weighted by Crippen LogP contribution is -2.35. The molecule has 2 atom stereocenters. The van der Waals surface area contributed by atoms with Crippen LogP contribution in [-0.2, 0) is 0 Å². The molecule has 0 aromatic carbocycles. The van der Waals surface area contributed by atoms with E-state index in [2.05, 4.69) is 26.1 Å². The van der Waals surface area contributed by atoms with Crippen molar-refractivity contribution in [2.24, 2.45) is 11.8 Å². The van der Waals surface area contributed by atoms with Gasteiger partial charge < -0.3 is 5.32 Å². The van der Waals surface area contributed by atoms with E-state index in [0.29, 0.717) is 0 Å². The average molecular weight is 225 g/mol. The zero-order valence-corrected chi connectivity index (χ0v) is 11.6. The van der Waals surface area contributed by atoms with Gasteiger partial charge in [-0.15, -0.1) is 0 Å². The van der Waals surface area contributed by atoms with Crippen LogP contribution in [0.2, 0.25) is 0 Å². The van der Waals surface area contributed by atoms with Gasteiger partial charge in [0, 0.05) is 6.04 Å². The lowest BCUT2D eigenvalue weighted by molar-refractivity contribution is 0.307. The van der Waals surface area contributed by atoms with Crippen LogP contribution in [0.15, 0.2) is 0 Å². The molecule has 0 saturated heterocycles. The van der Waals surface area contributed by atoms with Gasteiger partial charge in [0.25, 0.3) is 0 Å². The first-order chi connectivity index (χ1) is 7.74. The van der Waals surface area contributed by atoms with E-state index >= 15 is 0 Å². The molecule has 1 aliphatic rings. The summed E-state index contributed by atoms with van der Waals surface area (Å²) in [6, 6.07) is 0.819. The minimum absolute atomic E-state index is 0.819. The first kappa shape index (κ1) is 14.0. The van der Waals surface area contributed by atoms with Crippen molar-refractivity contribution >= 4 is 0 Å². The smallest absolute Gasteiger partial charge is 0.00952 e. The van der Waals surface area contributed by atoms with Crippen molar-refractivity contribution < 1.29 is 0 Å². The molecule has 1 fully saturated rings. The molecule has 0 radical (unpaired) electrons. The summed E-state index contributed by atoms with van der Waals surface area (Å²) in [5.41, 5.74) is 0. The van der Waals surface area contributed by atoms with Crippen LogP contribution >= 0.6 is 0 Å². The maximum atomic E-state index is 3.71. The van der Waals surface area contributed by atoms with E-state index in [9.17, 15) is 0 Å². The molecule has 2 unspecified atom stereocenters. The van der Waals surface area contributed by atoms with E-state index in [1.807, 2.05) is 0 Å². The Labute approximate surface area is 102 Å². The molecule has 1 saturated carbocycles. The molecular formula is C15H31N. The fourth-order valence-corrected chi connectivity index (χ4v) is 3.05. The quantitative estimate of drug-likeness (QED) is 0.662. The molecule has 0 aromatic heterocycles. The topological polar surface area (TPSA) is 12.0 Å². The summed E-state index contributed by atoms with van der Waals surface area (Å²) in [4.78, 5) is 0. The van der Waals surface area contributed by atoms with Gasteiger partial charge >= 0.3 is 0 Å². The molecule has 1 aliphatic carbocycles. The highest BCUT2D eigenvalue weighted by atomic mass is 14.9. The van der Waals surface area contributed by atoms with Crippen LogP contribution in [0, 0.1) is 11.8 Å². The van der Waals surface area contributed by atoms with Crippen molar-refractivity contribution in [2.45, 2.75) is 78.2 Å². The zero-order valence-electron chi connectivity index (χ0n) is 11.6. The lowest BCUT2D eigenvalue weighted by Gasteiger charge is -2.26. The Morgan fingerprint density at radius 2 is 1.88 bits per heavy atom. The summed E-state index contributed by atoms with van der Waals surface area (Å²) in [7, 11) is 0. The maximum absolute atomic E-state index is 3.71. The van der Waals surface area contributed by atoms with Gasteiger partial charge in [-0.2, -0.15) is 0 Å². The Balaban J connectivity index is 2.32. The van der Waals surface area contributed by atoms with Gasteiger partial charge in [-0.25, -0.2) is 0 Å². The lowest BCUT2D eigenvalue weighted by atomic mass is 9.88. The summed E-state index contributed by atoms with van der Waals surface area (Å²) in [5, 5.41) is 3.71. The van der Waals surface area contributed by atoms with Gasteiger partial charge in [0.05, 0.1) is 0 Å². The summed E-state index contributed by atoms with van der Waals surface area (Å²) >= 11 is 0. The van der Waals surface area contributed by atoms with Crippen molar-refractivity contribution in [3.05, 3.63) is 0 Å². The van der Waals surface area contributed by atoms with E-state index in [1.165, 1.54) is 51.4 Å². The molecule has 1 N–H and O–H groups in total. The van der Waals surface area contributed by atoms with Crippen LogP contribution in [0.1, 0.15) is 72.1 Å². The van der Waals surface area contributed by atoms with Gasteiger partial charge in [-0.3, -0.25) is 0 Å². The second-order valence-electron chi connectivity index (χ2n) is 5.89. The molecule has 0 aliphatic heterocycles. The van der Waals surface area contributed by atoms with E-state index in [4.69, 9.17) is 0 Å². The van der Waals surface area contributed by atoms with Crippen molar-refractivity contribution in [2.75, 3.05) is 6.54 Å². The van der Waals surface area contributed by atoms with Crippen LogP contribution in [0.5, 0.6) is 0 Å². The molecule has 0 amide bonds. The standard InChI is InChI=1S/C15H31N/c1-4-16-15-12-7-5-6-10-14(15)11-8-9-13(2)3/h13-16H,4-12H2,1-3H3. The molecule has 16 heavy (non-hydrogen) atoms. The number of rotatable bonds is 6. The van der Waals surface area contributed by atoms with Crippen LogP contribution in [0.3, 0.4) is 0 Å². The highest BCUT2D eigenvalue weighted by Gasteiger charge is 2.22. The molecule has 1 heteroatoms. The highest BCUT2D eigenvalue weighted by Crippen LogP contribution is 2.28. The minimum atomic E-state index is 0.819. The van der Waals surface area contributed by atoms with Gasteiger partial charge in [0.1, 0.15) is 0 Å². The Morgan fingerprint density at radius 1 is 1.12 bits per heavy atom. The Morgan fingerprint density at radius 3 is 2.56 bits per heavy atom. The molecular weight excluding hydrogens is 194 g/mol. The average Bonchev–Trinajstić information content (AvgIpc) is 2.45. The Kier molecular flexibility index (Phi) is 7.11. The molecule has 0 bridgehead atoms. The largest absolute Gasteiger partial charge is 0.314 e. The third-order valence-corrected chi connectivity index (χ3v) is 3.98. The summed E-state index contributed by atoms with van der Waals surface area (Å²) in [6.07, 6.45) is 11.6. The molecule has 1 rings (SSSR count). The predicted octanol–water partition coefficient (Wildman–Crippen LogP) is 4.37. The molecule has 0 spiro atoms. The summed E-state index contributed by atoms with van der Waals surface area (Å²) < 4.78 is 0.